The van der Waals surface area contributed by atoms with Gasteiger partial charge in [-0.05, 0) is 42.8 Å². The number of aromatic nitrogens is 2. The van der Waals surface area contributed by atoms with Crippen molar-refractivity contribution in [2.75, 3.05) is 11.9 Å². The number of nitrogens with zero attached hydrogens (tertiary/aromatic N) is 2. The lowest BCUT2D eigenvalue weighted by atomic mass is 10.1. The number of rotatable bonds is 8. The van der Waals surface area contributed by atoms with Crippen LogP contribution in [0.4, 0.5) is 5.69 Å². The molecule has 0 saturated carbocycles. The third-order valence-corrected chi connectivity index (χ3v) is 4.99. The highest BCUT2D eigenvalue weighted by molar-refractivity contribution is 7.98. The zero-order valence-corrected chi connectivity index (χ0v) is 17.4. The van der Waals surface area contributed by atoms with Crippen LogP contribution in [0.1, 0.15) is 34.6 Å². The van der Waals surface area contributed by atoms with Crippen LogP contribution in [0.5, 0.6) is 0 Å². The summed E-state index contributed by atoms with van der Waals surface area (Å²) in [6.45, 7) is 3.83. The van der Waals surface area contributed by atoms with Gasteiger partial charge < -0.3 is 14.6 Å². The lowest BCUT2D eigenvalue weighted by Gasteiger charge is -2.09. The monoisotopic (exact) mass is 423 g/mol. The summed E-state index contributed by atoms with van der Waals surface area (Å²) in [5, 5.41) is 6.77. The van der Waals surface area contributed by atoms with Crippen molar-refractivity contribution < 1.29 is 18.8 Å². The Morgan fingerprint density at radius 2 is 1.93 bits per heavy atom. The predicted molar refractivity (Wildman–Crippen MR) is 115 cm³/mol. The summed E-state index contributed by atoms with van der Waals surface area (Å²) < 4.78 is 9.83. The van der Waals surface area contributed by atoms with E-state index in [-0.39, 0.29) is 11.9 Å². The van der Waals surface area contributed by atoms with Gasteiger partial charge in [0, 0.05) is 23.6 Å². The van der Waals surface area contributed by atoms with E-state index < -0.39 is 0 Å². The van der Waals surface area contributed by atoms with E-state index in [0.717, 1.165) is 10.5 Å². The van der Waals surface area contributed by atoms with Gasteiger partial charge in [0.15, 0.2) is 5.82 Å². The first-order chi connectivity index (χ1) is 14.5. The van der Waals surface area contributed by atoms with Crippen molar-refractivity contribution in [3.05, 3.63) is 77.4 Å². The van der Waals surface area contributed by atoms with Gasteiger partial charge in [-0.2, -0.15) is 4.98 Å². The number of amides is 1. The molecule has 0 atom stereocenters. The van der Waals surface area contributed by atoms with Gasteiger partial charge in [-0.1, -0.05) is 29.4 Å². The number of ether oxygens (including phenoxy) is 1. The highest BCUT2D eigenvalue weighted by atomic mass is 32.2. The Morgan fingerprint density at radius 1 is 1.17 bits per heavy atom. The highest BCUT2D eigenvalue weighted by Crippen LogP contribution is 2.26. The van der Waals surface area contributed by atoms with E-state index >= 15 is 0 Å². The molecule has 0 aliphatic carbocycles. The number of benzene rings is 2. The minimum absolute atomic E-state index is 0.211. The molecular weight excluding hydrogens is 402 g/mol. The minimum atomic E-state index is -0.389. The van der Waals surface area contributed by atoms with Crippen LogP contribution in [0, 0.1) is 6.92 Å². The Balaban J connectivity index is 1.63. The van der Waals surface area contributed by atoms with Gasteiger partial charge in [-0.3, -0.25) is 4.79 Å². The van der Waals surface area contributed by atoms with Gasteiger partial charge in [0.1, 0.15) is 0 Å². The molecule has 3 aromatic rings. The molecule has 7 nitrogen and oxygen atoms in total. The number of hydrogen-bond donors (Lipinski definition) is 1. The summed E-state index contributed by atoms with van der Waals surface area (Å²) in [5.74, 6) is 0.997. The Kier molecular flexibility index (Phi) is 7.40. The van der Waals surface area contributed by atoms with Crippen molar-refractivity contribution in [3.63, 3.8) is 0 Å². The van der Waals surface area contributed by atoms with E-state index in [0.29, 0.717) is 35.3 Å². The van der Waals surface area contributed by atoms with Gasteiger partial charge in [-0.15, -0.1) is 11.8 Å². The second kappa shape index (κ2) is 10.4. The molecule has 1 aromatic heterocycles. The molecule has 0 bridgehead atoms. The lowest BCUT2D eigenvalue weighted by molar-refractivity contribution is -0.137. The Hall–Kier alpha value is -3.39. The normalized spacial score (nSPS) is 10.9. The van der Waals surface area contributed by atoms with Gasteiger partial charge in [0.2, 0.25) is 5.89 Å². The van der Waals surface area contributed by atoms with Gasteiger partial charge in [-0.25, -0.2) is 4.79 Å². The summed E-state index contributed by atoms with van der Waals surface area (Å²) in [6, 6.07) is 14.5. The fraction of sp³-hybridized carbons (Fsp3) is 0.182. The van der Waals surface area contributed by atoms with E-state index in [2.05, 4.69) is 15.5 Å². The molecule has 0 aliphatic heterocycles. The van der Waals surface area contributed by atoms with E-state index in [1.165, 1.54) is 17.8 Å². The highest BCUT2D eigenvalue weighted by Gasteiger charge is 2.13. The summed E-state index contributed by atoms with van der Waals surface area (Å²) in [4.78, 5) is 29.2. The Labute approximate surface area is 178 Å². The topological polar surface area (TPSA) is 94.3 Å². The largest absolute Gasteiger partial charge is 0.463 e. The van der Waals surface area contributed by atoms with Crippen LogP contribution < -0.4 is 5.32 Å². The van der Waals surface area contributed by atoms with Gasteiger partial charge >= 0.3 is 5.97 Å². The molecule has 0 unspecified atom stereocenters. The Morgan fingerprint density at radius 3 is 2.63 bits per heavy atom. The van der Waals surface area contributed by atoms with Crippen molar-refractivity contribution in [1.82, 2.24) is 10.1 Å². The smallest absolute Gasteiger partial charge is 0.330 e. The molecule has 0 saturated heterocycles. The molecule has 154 valence electrons. The van der Waals surface area contributed by atoms with Crippen LogP contribution in [-0.2, 0) is 15.3 Å². The SMILES string of the molecule is CCOC(=O)C=Cc1ccc(NC(=O)c2ccccc2SCc2noc(C)n2)cc1. The summed E-state index contributed by atoms with van der Waals surface area (Å²) >= 11 is 1.47. The van der Waals surface area contributed by atoms with Crippen LogP contribution >= 0.6 is 11.8 Å². The van der Waals surface area contributed by atoms with Crippen molar-refractivity contribution in [2.24, 2.45) is 0 Å². The average molecular weight is 423 g/mol. The number of esters is 1. The number of carbonyl (C=O) groups is 2. The van der Waals surface area contributed by atoms with Crippen LogP contribution in [-0.4, -0.2) is 28.6 Å². The van der Waals surface area contributed by atoms with Crippen molar-refractivity contribution in [1.29, 1.82) is 0 Å². The molecule has 0 fully saturated rings. The average Bonchev–Trinajstić information content (AvgIpc) is 3.17. The first kappa shape index (κ1) is 21.3. The minimum Gasteiger partial charge on any atom is -0.463 e. The number of thioether (sulfide) groups is 1. The fourth-order valence-electron chi connectivity index (χ4n) is 2.55. The molecule has 1 N–H and O–H groups in total. The molecule has 3 rings (SSSR count). The number of carbonyl (C=O) groups excluding carboxylic acids is 2. The quantitative estimate of drug-likeness (QED) is 0.324. The number of nitrogens with one attached hydrogen (secondary N) is 1. The first-order valence-electron chi connectivity index (χ1n) is 9.32. The fourth-order valence-corrected chi connectivity index (χ4v) is 3.45. The molecular formula is C22H21N3O4S. The van der Waals surface area contributed by atoms with Gasteiger partial charge in [0.25, 0.3) is 5.91 Å². The maximum absolute atomic E-state index is 12.8. The number of anilines is 1. The maximum Gasteiger partial charge on any atom is 0.330 e. The van der Waals surface area contributed by atoms with Crippen LogP contribution in [0.25, 0.3) is 6.08 Å². The van der Waals surface area contributed by atoms with Crippen molar-refractivity contribution >= 4 is 35.4 Å². The van der Waals surface area contributed by atoms with E-state index in [1.807, 2.05) is 30.3 Å². The second-order valence-electron chi connectivity index (χ2n) is 6.18. The second-order valence-corrected chi connectivity index (χ2v) is 7.19. The van der Waals surface area contributed by atoms with Crippen molar-refractivity contribution in [2.45, 2.75) is 24.5 Å². The van der Waals surface area contributed by atoms with E-state index in [4.69, 9.17) is 9.26 Å². The third kappa shape index (κ3) is 6.05. The zero-order chi connectivity index (χ0) is 21.3. The molecule has 0 radical (unpaired) electrons. The molecule has 0 aliphatic rings. The van der Waals surface area contributed by atoms with Crippen LogP contribution in [0.2, 0.25) is 0 Å². The van der Waals surface area contributed by atoms with Crippen molar-refractivity contribution in [3.8, 4) is 0 Å². The molecule has 1 heterocycles. The number of hydrogen-bond acceptors (Lipinski definition) is 7. The Bertz CT molecular complexity index is 1040. The van der Waals surface area contributed by atoms with Crippen LogP contribution in [0.3, 0.4) is 0 Å². The summed E-state index contributed by atoms with van der Waals surface area (Å²) in [7, 11) is 0. The summed E-state index contributed by atoms with van der Waals surface area (Å²) in [6.07, 6.45) is 3.03. The zero-order valence-electron chi connectivity index (χ0n) is 16.6. The third-order valence-electron chi connectivity index (χ3n) is 3.93. The van der Waals surface area contributed by atoms with E-state index in [9.17, 15) is 9.59 Å². The lowest BCUT2D eigenvalue weighted by Crippen LogP contribution is -2.13. The maximum atomic E-state index is 12.8. The number of aryl methyl sites for hydroxylation is 1. The van der Waals surface area contributed by atoms with Gasteiger partial charge in [0.05, 0.1) is 17.9 Å². The molecule has 1 amide bonds. The molecule has 2 aromatic carbocycles. The summed E-state index contributed by atoms with van der Waals surface area (Å²) in [5.41, 5.74) is 2.04. The first-order valence-corrected chi connectivity index (χ1v) is 10.3. The molecule has 30 heavy (non-hydrogen) atoms. The predicted octanol–water partition coefficient (Wildman–Crippen LogP) is 4.50. The molecule has 0 spiro atoms. The van der Waals surface area contributed by atoms with E-state index in [1.54, 1.807) is 38.1 Å². The molecule has 8 heteroatoms. The standard InChI is InChI=1S/C22H21N3O4S/c1-3-28-21(26)13-10-16-8-11-17(12-9-16)24-22(27)18-6-4-5-7-19(18)30-14-20-23-15(2)29-25-20/h4-13H,3,14H2,1-2H3,(H,24,27). The van der Waals surface area contributed by atoms with Crippen LogP contribution in [0.15, 0.2) is 64.0 Å².